The Kier molecular flexibility index (Phi) is 5.52. The van der Waals surface area contributed by atoms with Crippen molar-refractivity contribution in [2.24, 2.45) is 0 Å². The van der Waals surface area contributed by atoms with Gasteiger partial charge in [-0.1, -0.05) is 18.5 Å². The summed E-state index contributed by atoms with van der Waals surface area (Å²) >= 11 is 6.32. The molecule has 5 nitrogen and oxygen atoms in total. The third-order valence-corrected chi connectivity index (χ3v) is 3.35. The largest absolute Gasteiger partial charge is 0.383 e. The van der Waals surface area contributed by atoms with E-state index in [1.165, 1.54) is 0 Å². The summed E-state index contributed by atoms with van der Waals surface area (Å²) in [6, 6.07) is 3.96. The summed E-state index contributed by atoms with van der Waals surface area (Å²) in [5.74, 6) is 0. The lowest BCUT2D eigenvalue weighted by Crippen LogP contribution is -2.26. The second-order valence-electron chi connectivity index (χ2n) is 4.36. The number of hydrogen-bond donors (Lipinski definition) is 1. The summed E-state index contributed by atoms with van der Waals surface area (Å²) < 4.78 is 7.01. The summed E-state index contributed by atoms with van der Waals surface area (Å²) in [6.45, 7) is 4.17. The molecule has 0 saturated carbocycles. The molecule has 0 amide bonds. The van der Waals surface area contributed by atoms with E-state index in [-0.39, 0.29) is 6.04 Å². The fraction of sp³-hybridized carbons (Fsp3) is 0.429. The number of rotatable bonds is 7. The Morgan fingerprint density at radius 3 is 2.80 bits per heavy atom. The first kappa shape index (κ1) is 15.0. The number of ether oxygens (including phenoxy) is 1. The van der Waals surface area contributed by atoms with Crippen molar-refractivity contribution in [2.45, 2.75) is 19.5 Å². The highest BCUT2D eigenvalue weighted by Crippen LogP contribution is 2.28. The number of aromatic nitrogens is 3. The van der Waals surface area contributed by atoms with Gasteiger partial charge in [-0.25, -0.2) is 0 Å². The van der Waals surface area contributed by atoms with Gasteiger partial charge in [0.15, 0.2) is 0 Å². The van der Waals surface area contributed by atoms with Gasteiger partial charge in [0.25, 0.3) is 0 Å². The number of nitrogens with one attached hydrogen (secondary N) is 1. The van der Waals surface area contributed by atoms with Crippen LogP contribution < -0.4 is 5.32 Å². The lowest BCUT2D eigenvalue weighted by molar-refractivity contribution is 0.182. The van der Waals surface area contributed by atoms with Crippen molar-refractivity contribution >= 4 is 11.6 Å². The molecular weight excluding hydrogens is 276 g/mol. The third kappa shape index (κ3) is 3.36. The van der Waals surface area contributed by atoms with Gasteiger partial charge < -0.3 is 10.1 Å². The van der Waals surface area contributed by atoms with E-state index < -0.39 is 0 Å². The van der Waals surface area contributed by atoms with Gasteiger partial charge in [0.1, 0.15) is 0 Å². The molecule has 2 aromatic rings. The lowest BCUT2D eigenvalue weighted by Gasteiger charge is -2.20. The molecule has 0 aliphatic heterocycles. The molecule has 1 N–H and O–H groups in total. The highest BCUT2D eigenvalue weighted by molar-refractivity contribution is 6.31. The zero-order chi connectivity index (χ0) is 14.4. The highest BCUT2D eigenvalue weighted by atomic mass is 35.5. The molecule has 2 heterocycles. The SMILES string of the molecule is CCNC(c1ccncc1)c1c(Cl)cnn1CCOC. The molecule has 0 aliphatic rings. The molecule has 1 atom stereocenters. The van der Waals surface area contributed by atoms with E-state index in [1.54, 1.807) is 25.7 Å². The predicted molar refractivity (Wildman–Crippen MR) is 78.9 cm³/mol. The van der Waals surface area contributed by atoms with Crippen molar-refractivity contribution in [3.05, 3.63) is 47.0 Å². The van der Waals surface area contributed by atoms with Crippen molar-refractivity contribution < 1.29 is 4.74 Å². The van der Waals surface area contributed by atoms with Gasteiger partial charge in [-0.3, -0.25) is 9.67 Å². The Labute approximate surface area is 123 Å². The first-order valence-corrected chi connectivity index (χ1v) is 6.99. The zero-order valence-corrected chi connectivity index (χ0v) is 12.5. The van der Waals surface area contributed by atoms with Gasteiger partial charge in [0.05, 0.1) is 36.1 Å². The summed E-state index contributed by atoms with van der Waals surface area (Å²) in [5, 5.41) is 8.43. The van der Waals surface area contributed by atoms with E-state index in [2.05, 4.69) is 22.3 Å². The molecular formula is C14H19ClN4O. The van der Waals surface area contributed by atoms with E-state index in [0.717, 1.165) is 17.8 Å². The van der Waals surface area contributed by atoms with Crippen LogP contribution in [0.15, 0.2) is 30.7 Å². The molecule has 0 fully saturated rings. The second kappa shape index (κ2) is 7.38. The minimum atomic E-state index is -0.00476. The van der Waals surface area contributed by atoms with Gasteiger partial charge in [0, 0.05) is 19.5 Å². The van der Waals surface area contributed by atoms with Crippen molar-refractivity contribution in [2.75, 3.05) is 20.3 Å². The maximum absolute atomic E-state index is 6.32. The van der Waals surface area contributed by atoms with E-state index in [0.29, 0.717) is 18.2 Å². The first-order valence-electron chi connectivity index (χ1n) is 6.61. The predicted octanol–water partition coefficient (Wildman–Crippen LogP) is 2.28. The van der Waals surface area contributed by atoms with Gasteiger partial charge in [-0.2, -0.15) is 5.10 Å². The van der Waals surface area contributed by atoms with Crippen LogP contribution in [-0.4, -0.2) is 35.0 Å². The zero-order valence-electron chi connectivity index (χ0n) is 11.7. The topological polar surface area (TPSA) is 52.0 Å². The number of pyridine rings is 1. The molecule has 0 aromatic carbocycles. The van der Waals surface area contributed by atoms with Crippen LogP contribution in [0.4, 0.5) is 0 Å². The standard InChI is InChI=1S/C14H19ClN4O/c1-3-17-13(11-4-6-16-7-5-11)14-12(15)10-18-19(14)8-9-20-2/h4-7,10,13,17H,3,8-9H2,1-2H3. The minimum Gasteiger partial charge on any atom is -0.383 e. The molecule has 0 radical (unpaired) electrons. The molecule has 0 bridgehead atoms. The maximum Gasteiger partial charge on any atom is 0.0837 e. The summed E-state index contributed by atoms with van der Waals surface area (Å²) in [7, 11) is 1.68. The average molecular weight is 295 g/mol. The van der Waals surface area contributed by atoms with Crippen LogP contribution in [-0.2, 0) is 11.3 Å². The smallest absolute Gasteiger partial charge is 0.0837 e. The average Bonchev–Trinajstić information content (AvgIpc) is 2.84. The Hall–Kier alpha value is -1.43. The third-order valence-electron chi connectivity index (χ3n) is 3.06. The van der Waals surface area contributed by atoms with Crippen molar-refractivity contribution in [1.29, 1.82) is 0 Å². The Bertz CT molecular complexity index is 529. The van der Waals surface area contributed by atoms with Crippen molar-refractivity contribution in [3.63, 3.8) is 0 Å². The Balaban J connectivity index is 2.36. The quantitative estimate of drug-likeness (QED) is 0.851. The number of methoxy groups -OCH3 is 1. The Morgan fingerprint density at radius 1 is 1.40 bits per heavy atom. The molecule has 0 spiro atoms. The number of nitrogens with zero attached hydrogens (tertiary/aromatic N) is 3. The van der Waals surface area contributed by atoms with E-state index in [1.807, 2.05) is 16.8 Å². The van der Waals surface area contributed by atoms with Gasteiger partial charge in [0.2, 0.25) is 0 Å². The van der Waals surface area contributed by atoms with E-state index in [9.17, 15) is 0 Å². The van der Waals surface area contributed by atoms with Crippen LogP contribution in [0.25, 0.3) is 0 Å². The number of halogens is 1. The summed E-state index contributed by atoms with van der Waals surface area (Å²) in [5.41, 5.74) is 2.07. The van der Waals surface area contributed by atoms with E-state index >= 15 is 0 Å². The van der Waals surface area contributed by atoms with Crippen LogP contribution in [0.3, 0.4) is 0 Å². The van der Waals surface area contributed by atoms with E-state index in [4.69, 9.17) is 16.3 Å². The molecule has 0 aliphatic carbocycles. The van der Waals surface area contributed by atoms with Crippen LogP contribution in [0, 0.1) is 0 Å². The summed E-state index contributed by atoms with van der Waals surface area (Å²) in [4.78, 5) is 4.06. The van der Waals surface area contributed by atoms with Crippen LogP contribution in [0.2, 0.25) is 5.02 Å². The molecule has 2 aromatic heterocycles. The normalized spacial score (nSPS) is 12.6. The lowest BCUT2D eigenvalue weighted by atomic mass is 10.1. The van der Waals surface area contributed by atoms with Gasteiger partial charge >= 0.3 is 0 Å². The van der Waals surface area contributed by atoms with Crippen molar-refractivity contribution in [1.82, 2.24) is 20.1 Å². The monoisotopic (exact) mass is 294 g/mol. The van der Waals surface area contributed by atoms with Crippen LogP contribution in [0.5, 0.6) is 0 Å². The fourth-order valence-corrected chi connectivity index (χ4v) is 2.40. The number of hydrogen-bond acceptors (Lipinski definition) is 4. The second-order valence-corrected chi connectivity index (χ2v) is 4.77. The Morgan fingerprint density at radius 2 is 2.15 bits per heavy atom. The van der Waals surface area contributed by atoms with Gasteiger partial charge in [-0.15, -0.1) is 0 Å². The fourth-order valence-electron chi connectivity index (χ4n) is 2.15. The molecule has 1 unspecified atom stereocenters. The summed E-state index contributed by atoms with van der Waals surface area (Å²) in [6.07, 6.45) is 5.24. The van der Waals surface area contributed by atoms with Crippen molar-refractivity contribution in [3.8, 4) is 0 Å². The maximum atomic E-state index is 6.32. The minimum absolute atomic E-state index is 0.00476. The molecule has 6 heteroatoms. The first-order chi connectivity index (χ1) is 9.77. The molecule has 108 valence electrons. The van der Waals surface area contributed by atoms with Crippen LogP contribution in [0.1, 0.15) is 24.2 Å². The molecule has 2 rings (SSSR count). The highest BCUT2D eigenvalue weighted by Gasteiger charge is 2.21. The van der Waals surface area contributed by atoms with Crippen LogP contribution >= 0.6 is 11.6 Å². The molecule has 0 saturated heterocycles. The molecule has 20 heavy (non-hydrogen) atoms. The van der Waals surface area contributed by atoms with Gasteiger partial charge in [-0.05, 0) is 24.2 Å².